The summed E-state index contributed by atoms with van der Waals surface area (Å²) in [6.45, 7) is 5.95. The summed E-state index contributed by atoms with van der Waals surface area (Å²) in [5, 5.41) is 2.56. The van der Waals surface area contributed by atoms with Gasteiger partial charge in [0.05, 0.1) is 12.7 Å². The van der Waals surface area contributed by atoms with E-state index in [0.717, 1.165) is 5.56 Å². The zero-order valence-corrected chi connectivity index (χ0v) is 10.0. The largest absolute Gasteiger partial charge is 0.496 e. The third-order valence-electron chi connectivity index (χ3n) is 1.83. The van der Waals surface area contributed by atoms with Crippen LogP contribution in [-0.4, -0.2) is 20.1 Å². The van der Waals surface area contributed by atoms with Gasteiger partial charge >= 0.3 is 0 Å². The maximum absolute atomic E-state index is 11.3. The number of rotatable bonds is 2. The molecule has 15 heavy (non-hydrogen) atoms. The van der Waals surface area contributed by atoms with Crippen LogP contribution in [0.5, 0.6) is 5.75 Å². The van der Waals surface area contributed by atoms with Crippen molar-refractivity contribution in [3.05, 3.63) is 29.3 Å². The molecule has 1 aromatic carbocycles. The van der Waals surface area contributed by atoms with Crippen molar-refractivity contribution in [2.45, 2.75) is 20.8 Å². The van der Waals surface area contributed by atoms with Crippen molar-refractivity contribution < 1.29 is 9.53 Å². The quantitative estimate of drug-likeness (QED) is 0.812. The minimum Gasteiger partial charge on any atom is -0.496 e. The number of methoxy groups -OCH3 is 1. The van der Waals surface area contributed by atoms with Gasteiger partial charge in [-0.15, -0.1) is 0 Å². The second-order valence-corrected chi connectivity index (χ2v) is 2.78. The standard InChI is InChI=1S/C10H13NO2.C2H6/c1-7-4-5-8(10(12)11-2)9(6-7)13-3;1-2/h4-6H,1-3H3,(H,11,12);1-2H3. The van der Waals surface area contributed by atoms with Crippen LogP contribution in [0.3, 0.4) is 0 Å². The Morgan fingerprint density at radius 2 is 1.93 bits per heavy atom. The minimum absolute atomic E-state index is 0.128. The van der Waals surface area contributed by atoms with E-state index in [9.17, 15) is 4.79 Å². The molecule has 1 rings (SSSR count). The number of aryl methyl sites for hydroxylation is 1. The van der Waals surface area contributed by atoms with Crippen LogP contribution >= 0.6 is 0 Å². The number of ether oxygens (including phenoxy) is 1. The average Bonchev–Trinajstić information content (AvgIpc) is 2.30. The van der Waals surface area contributed by atoms with Gasteiger partial charge in [0.1, 0.15) is 5.75 Å². The molecule has 0 bridgehead atoms. The number of benzene rings is 1. The Bertz CT molecular complexity index is 321. The van der Waals surface area contributed by atoms with Crippen molar-refractivity contribution in [3.63, 3.8) is 0 Å². The maximum Gasteiger partial charge on any atom is 0.254 e. The lowest BCUT2D eigenvalue weighted by molar-refractivity contribution is 0.0960. The molecule has 0 spiro atoms. The van der Waals surface area contributed by atoms with Crippen LogP contribution in [0.2, 0.25) is 0 Å². The van der Waals surface area contributed by atoms with Gasteiger partial charge in [0.25, 0.3) is 5.91 Å². The number of amides is 1. The first-order valence-corrected chi connectivity index (χ1v) is 5.05. The average molecular weight is 209 g/mol. The Morgan fingerprint density at radius 3 is 2.40 bits per heavy atom. The topological polar surface area (TPSA) is 38.3 Å². The molecule has 0 unspecified atom stereocenters. The molecule has 0 fully saturated rings. The van der Waals surface area contributed by atoms with Gasteiger partial charge in [0.15, 0.2) is 0 Å². The van der Waals surface area contributed by atoms with E-state index in [4.69, 9.17) is 4.74 Å². The summed E-state index contributed by atoms with van der Waals surface area (Å²) in [5.41, 5.74) is 1.64. The van der Waals surface area contributed by atoms with Crippen molar-refractivity contribution in [2.75, 3.05) is 14.2 Å². The van der Waals surface area contributed by atoms with Gasteiger partial charge in [-0.2, -0.15) is 0 Å². The molecule has 0 heterocycles. The minimum atomic E-state index is -0.128. The predicted octanol–water partition coefficient (Wildman–Crippen LogP) is 2.39. The summed E-state index contributed by atoms with van der Waals surface area (Å²) < 4.78 is 5.09. The fourth-order valence-corrected chi connectivity index (χ4v) is 1.12. The fourth-order valence-electron chi connectivity index (χ4n) is 1.12. The lowest BCUT2D eigenvalue weighted by atomic mass is 10.1. The molecular formula is C12H19NO2. The van der Waals surface area contributed by atoms with Gasteiger partial charge in [-0.1, -0.05) is 19.9 Å². The summed E-state index contributed by atoms with van der Waals surface area (Å²) in [6.07, 6.45) is 0. The summed E-state index contributed by atoms with van der Waals surface area (Å²) in [6, 6.07) is 5.48. The van der Waals surface area contributed by atoms with E-state index in [1.807, 2.05) is 32.9 Å². The molecule has 0 saturated carbocycles. The van der Waals surface area contributed by atoms with Crippen LogP contribution in [0.15, 0.2) is 18.2 Å². The smallest absolute Gasteiger partial charge is 0.254 e. The SMILES string of the molecule is CC.CNC(=O)c1ccc(C)cc1OC. The number of nitrogens with one attached hydrogen (secondary N) is 1. The summed E-state index contributed by atoms with van der Waals surface area (Å²) >= 11 is 0. The first-order valence-electron chi connectivity index (χ1n) is 5.05. The van der Waals surface area contributed by atoms with E-state index in [0.29, 0.717) is 11.3 Å². The van der Waals surface area contributed by atoms with E-state index in [1.54, 1.807) is 20.2 Å². The highest BCUT2D eigenvalue weighted by molar-refractivity contribution is 5.96. The number of carbonyl (C=O) groups excluding carboxylic acids is 1. The molecule has 1 aromatic rings. The van der Waals surface area contributed by atoms with Gasteiger partial charge < -0.3 is 10.1 Å². The van der Waals surface area contributed by atoms with E-state index < -0.39 is 0 Å². The Hall–Kier alpha value is -1.51. The molecule has 84 valence electrons. The van der Waals surface area contributed by atoms with Crippen molar-refractivity contribution in [2.24, 2.45) is 0 Å². The van der Waals surface area contributed by atoms with Crippen molar-refractivity contribution in [1.29, 1.82) is 0 Å². The fraction of sp³-hybridized carbons (Fsp3) is 0.417. The highest BCUT2D eigenvalue weighted by atomic mass is 16.5. The molecule has 0 radical (unpaired) electrons. The highest BCUT2D eigenvalue weighted by Gasteiger charge is 2.09. The Labute approximate surface area is 91.5 Å². The Balaban J connectivity index is 0.000000921. The zero-order chi connectivity index (χ0) is 11.8. The Morgan fingerprint density at radius 1 is 1.33 bits per heavy atom. The second kappa shape index (κ2) is 6.87. The van der Waals surface area contributed by atoms with E-state index in [2.05, 4.69) is 5.32 Å². The van der Waals surface area contributed by atoms with Crippen molar-refractivity contribution >= 4 is 5.91 Å². The summed E-state index contributed by atoms with van der Waals surface area (Å²) in [4.78, 5) is 11.3. The van der Waals surface area contributed by atoms with Gasteiger partial charge in [-0.25, -0.2) is 0 Å². The summed E-state index contributed by atoms with van der Waals surface area (Å²) in [7, 11) is 3.16. The van der Waals surface area contributed by atoms with Crippen molar-refractivity contribution in [3.8, 4) is 5.75 Å². The molecule has 0 aliphatic rings. The molecule has 0 aliphatic heterocycles. The third kappa shape index (κ3) is 3.62. The van der Waals surface area contributed by atoms with E-state index in [1.165, 1.54) is 0 Å². The molecule has 3 heteroatoms. The molecular weight excluding hydrogens is 190 g/mol. The second-order valence-electron chi connectivity index (χ2n) is 2.78. The predicted molar refractivity (Wildman–Crippen MR) is 62.5 cm³/mol. The molecule has 0 saturated heterocycles. The van der Waals surface area contributed by atoms with Gasteiger partial charge in [0.2, 0.25) is 0 Å². The third-order valence-corrected chi connectivity index (χ3v) is 1.83. The number of hydrogen-bond acceptors (Lipinski definition) is 2. The van der Waals surface area contributed by atoms with Gasteiger partial charge in [-0.3, -0.25) is 4.79 Å². The van der Waals surface area contributed by atoms with Crippen LogP contribution in [0, 0.1) is 6.92 Å². The Kier molecular flexibility index (Phi) is 6.18. The molecule has 1 N–H and O–H groups in total. The molecule has 1 amide bonds. The van der Waals surface area contributed by atoms with Crippen molar-refractivity contribution in [1.82, 2.24) is 5.32 Å². The number of hydrogen-bond donors (Lipinski definition) is 1. The maximum atomic E-state index is 11.3. The van der Waals surface area contributed by atoms with E-state index in [-0.39, 0.29) is 5.91 Å². The monoisotopic (exact) mass is 209 g/mol. The first kappa shape index (κ1) is 13.5. The molecule has 0 atom stereocenters. The van der Waals surface area contributed by atoms with Crippen LogP contribution in [-0.2, 0) is 0 Å². The molecule has 3 nitrogen and oxygen atoms in total. The van der Waals surface area contributed by atoms with Crippen LogP contribution in [0.4, 0.5) is 0 Å². The molecule has 0 aromatic heterocycles. The summed E-state index contributed by atoms with van der Waals surface area (Å²) in [5.74, 6) is 0.483. The van der Waals surface area contributed by atoms with Gasteiger partial charge in [-0.05, 0) is 24.6 Å². The zero-order valence-electron chi connectivity index (χ0n) is 10.0. The van der Waals surface area contributed by atoms with Crippen LogP contribution in [0.1, 0.15) is 29.8 Å². The van der Waals surface area contributed by atoms with Crippen LogP contribution in [0.25, 0.3) is 0 Å². The van der Waals surface area contributed by atoms with E-state index >= 15 is 0 Å². The normalized spacial score (nSPS) is 8.60. The first-order chi connectivity index (χ1) is 7.19. The van der Waals surface area contributed by atoms with Crippen LogP contribution < -0.4 is 10.1 Å². The van der Waals surface area contributed by atoms with Gasteiger partial charge in [0, 0.05) is 7.05 Å². The molecule has 0 aliphatic carbocycles. The highest BCUT2D eigenvalue weighted by Crippen LogP contribution is 2.19. The lowest BCUT2D eigenvalue weighted by Crippen LogP contribution is -2.18. The lowest BCUT2D eigenvalue weighted by Gasteiger charge is -2.07. The number of carbonyl (C=O) groups is 1.